The van der Waals surface area contributed by atoms with E-state index in [9.17, 15) is 13.2 Å². The first-order valence-electron chi connectivity index (χ1n) is 10.2. The Morgan fingerprint density at radius 3 is 2.56 bits per heavy atom. The number of aromatic nitrogens is 4. The molecule has 11 heteroatoms. The van der Waals surface area contributed by atoms with Crippen LogP contribution < -0.4 is 0 Å². The SMILES string of the molecule is COC(=O)c1nn(-c2ccccc2C(C)C)c(-c2nsc(-c3cccc(S(C)(=O)=O)c3)n2)c1Br. The molecule has 0 fully saturated rings. The van der Waals surface area contributed by atoms with Gasteiger partial charge in [0.25, 0.3) is 0 Å². The minimum atomic E-state index is -3.37. The van der Waals surface area contributed by atoms with Gasteiger partial charge in [-0.3, -0.25) is 0 Å². The molecule has 0 atom stereocenters. The molecule has 0 radical (unpaired) electrons. The summed E-state index contributed by atoms with van der Waals surface area (Å²) in [6, 6.07) is 14.3. The van der Waals surface area contributed by atoms with Crippen LogP contribution >= 0.6 is 27.5 Å². The van der Waals surface area contributed by atoms with Crippen molar-refractivity contribution in [3.8, 4) is 27.8 Å². The van der Waals surface area contributed by atoms with E-state index in [1.807, 2.05) is 24.3 Å². The Morgan fingerprint density at radius 2 is 1.88 bits per heavy atom. The molecule has 0 N–H and O–H groups in total. The fourth-order valence-corrected chi connectivity index (χ4v) is 5.37. The average Bonchev–Trinajstić information content (AvgIpc) is 3.42. The normalized spacial score (nSPS) is 11.7. The summed E-state index contributed by atoms with van der Waals surface area (Å²) in [5.41, 5.74) is 3.05. The van der Waals surface area contributed by atoms with Gasteiger partial charge in [-0.15, -0.1) is 0 Å². The highest BCUT2D eigenvalue weighted by Crippen LogP contribution is 2.36. The van der Waals surface area contributed by atoms with E-state index < -0.39 is 15.8 Å². The lowest BCUT2D eigenvalue weighted by Gasteiger charge is -2.14. The van der Waals surface area contributed by atoms with Crippen molar-refractivity contribution in [2.75, 3.05) is 13.4 Å². The van der Waals surface area contributed by atoms with Crippen LogP contribution in [0, 0.1) is 0 Å². The minimum Gasteiger partial charge on any atom is -0.464 e. The van der Waals surface area contributed by atoms with Crippen LogP contribution in [0.3, 0.4) is 0 Å². The third kappa shape index (κ3) is 4.55. The average molecular weight is 561 g/mol. The van der Waals surface area contributed by atoms with Gasteiger partial charge in [0.05, 0.1) is 22.2 Å². The molecule has 2 aromatic heterocycles. The Labute approximate surface area is 209 Å². The zero-order valence-corrected chi connectivity index (χ0v) is 22.0. The maximum Gasteiger partial charge on any atom is 0.359 e. The molecule has 0 aliphatic rings. The van der Waals surface area contributed by atoms with E-state index in [-0.39, 0.29) is 16.5 Å². The molecular weight excluding hydrogens is 540 g/mol. The van der Waals surface area contributed by atoms with E-state index in [1.165, 1.54) is 13.2 Å². The largest absolute Gasteiger partial charge is 0.464 e. The molecule has 0 amide bonds. The van der Waals surface area contributed by atoms with Crippen molar-refractivity contribution in [2.24, 2.45) is 0 Å². The number of para-hydroxylation sites is 1. The molecule has 0 unspecified atom stereocenters. The van der Waals surface area contributed by atoms with Gasteiger partial charge in [0.2, 0.25) is 0 Å². The highest BCUT2D eigenvalue weighted by Gasteiger charge is 2.27. The lowest BCUT2D eigenvalue weighted by Crippen LogP contribution is -2.07. The number of carbonyl (C=O) groups is 1. The number of esters is 1. The minimum absolute atomic E-state index is 0.103. The Bertz CT molecular complexity index is 1490. The number of halogens is 1. The second-order valence-corrected chi connectivity index (χ2v) is 11.4. The Balaban J connectivity index is 1.91. The predicted molar refractivity (Wildman–Crippen MR) is 134 cm³/mol. The summed E-state index contributed by atoms with van der Waals surface area (Å²) in [5.74, 6) is -0.0469. The zero-order chi connectivity index (χ0) is 24.6. The molecule has 0 aliphatic heterocycles. The zero-order valence-electron chi connectivity index (χ0n) is 18.8. The second-order valence-electron chi connectivity index (χ2n) is 7.85. The number of nitrogens with zero attached hydrogens (tertiary/aromatic N) is 4. The van der Waals surface area contributed by atoms with Crippen LogP contribution in [0.15, 0.2) is 57.9 Å². The monoisotopic (exact) mass is 560 g/mol. The summed E-state index contributed by atoms with van der Waals surface area (Å²) in [7, 11) is -2.07. The summed E-state index contributed by atoms with van der Waals surface area (Å²) in [4.78, 5) is 17.3. The van der Waals surface area contributed by atoms with Gasteiger partial charge in [-0.25, -0.2) is 22.9 Å². The summed E-state index contributed by atoms with van der Waals surface area (Å²) < 4.78 is 35.4. The number of hydrogen-bond acceptors (Lipinski definition) is 8. The molecule has 0 spiro atoms. The number of methoxy groups -OCH3 is 1. The van der Waals surface area contributed by atoms with Crippen molar-refractivity contribution in [1.82, 2.24) is 19.1 Å². The number of rotatable bonds is 6. The van der Waals surface area contributed by atoms with Gasteiger partial charge >= 0.3 is 5.97 Å². The van der Waals surface area contributed by atoms with E-state index in [1.54, 1.807) is 22.9 Å². The van der Waals surface area contributed by atoms with E-state index in [2.05, 4.69) is 44.2 Å². The first kappa shape index (κ1) is 24.2. The van der Waals surface area contributed by atoms with E-state index >= 15 is 0 Å². The van der Waals surface area contributed by atoms with Gasteiger partial charge in [0.1, 0.15) is 10.7 Å². The molecule has 4 rings (SSSR count). The highest BCUT2D eigenvalue weighted by molar-refractivity contribution is 9.10. The van der Waals surface area contributed by atoms with Crippen molar-refractivity contribution >= 4 is 43.3 Å². The Morgan fingerprint density at radius 1 is 1.15 bits per heavy atom. The molecule has 176 valence electrons. The molecular formula is C23H21BrN4O4S2. The first-order chi connectivity index (χ1) is 16.1. The van der Waals surface area contributed by atoms with Gasteiger partial charge in [-0.2, -0.15) is 9.47 Å². The maximum absolute atomic E-state index is 12.4. The predicted octanol–water partition coefficient (Wildman–Crippen LogP) is 5.13. The van der Waals surface area contributed by atoms with Crippen LogP contribution in [-0.4, -0.2) is 46.9 Å². The van der Waals surface area contributed by atoms with Gasteiger partial charge in [-0.05, 0) is 57.1 Å². The number of sulfone groups is 1. The van der Waals surface area contributed by atoms with Gasteiger partial charge in [0.15, 0.2) is 21.4 Å². The molecule has 2 heterocycles. The van der Waals surface area contributed by atoms with Crippen LogP contribution in [-0.2, 0) is 14.6 Å². The fourth-order valence-electron chi connectivity index (χ4n) is 3.46. The van der Waals surface area contributed by atoms with Crippen LogP contribution in [0.4, 0.5) is 0 Å². The van der Waals surface area contributed by atoms with Crippen molar-refractivity contribution in [3.63, 3.8) is 0 Å². The van der Waals surface area contributed by atoms with Gasteiger partial charge in [-0.1, -0.05) is 44.2 Å². The molecule has 0 bridgehead atoms. The summed E-state index contributed by atoms with van der Waals surface area (Å²) in [6.07, 6.45) is 1.16. The van der Waals surface area contributed by atoms with Crippen LogP contribution in [0.25, 0.3) is 27.8 Å². The van der Waals surface area contributed by atoms with Crippen molar-refractivity contribution in [3.05, 3.63) is 64.3 Å². The molecule has 0 saturated carbocycles. The van der Waals surface area contributed by atoms with E-state index in [4.69, 9.17) is 4.74 Å². The number of ether oxygens (including phenoxy) is 1. The smallest absolute Gasteiger partial charge is 0.359 e. The lowest BCUT2D eigenvalue weighted by atomic mass is 10.0. The van der Waals surface area contributed by atoms with Crippen molar-refractivity contribution < 1.29 is 17.9 Å². The Hall–Kier alpha value is -2.89. The molecule has 0 aliphatic carbocycles. The molecule has 2 aromatic carbocycles. The third-order valence-corrected chi connectivity index (χ3v) is 7.77. The third-order valence-electron chi connectivity index (χ3n) is 5.14. The van der Waals surface area contributed by atoms with Crippen LogP contribution in [0.5, 0.6) is 0 Å². The summed E-state index contributed by atoms with van der Waals surface area (Å²) >= 11 is 4.63. The molecule has 34 heavy (non-hydrogen) atoms. The standard InChI is InChI=1S/C23H21BrN4O4S2/c1-13(2)16-10-5-6-11-17(16)28-20(18(24)19(26-28)23(29)32-3)21-25-22(33-27-21)14-8-7-9-15(12-14)34(4,30)31/h5-13H,1-4H3. The quantitative estimate of drug-likeness (QED) is 0.301. The highest BCUT2D eigenvalue weighted by atomic mass is 79.9. The summed E-state index contributed by atoms with van der Waals surface area (Å²) in [6.45, 7) is 4.15. The first-order valence-corrected chi connectivity index (χ1v) is 13.7. The molecule has 8 nitrogen and oxygen atoms in total. The maximum atomic E-state index is 12.4. The van der Waals surface area contributed by atoms with Crippen LogP contribution in [0.1, 0.15) is 35.8 Å². The fraction of sp³-hybridized carbons (Fsp3) is 0.217. The number of benzene rings is 2. The topological polar surface area (TPSA) is 104 Å². The van der Waals surface area contributed by atoms with E-state index in [0.717, 1.165) is 29.0 Å². The molecule has 0 saturated heterocycles. The van der Waals surface area contributed by atoms with Crippen molar-refractivity contribution in [1.29, 1.82) is 0 Å². The lowest BCUT2D eigenvalue weighted by molar-refractivity contribution is 0.0592. The second kappa shape index (κ2) is 9.40. The van der Waals surface area contributed by atoms with E-state index in [0.29, 0.717) is 26.6 Å². The van der Waals surface area contributed by atoms with Crippen molar-refractivity contribution in [2.45, 2.75) is 24.7 Å². The van der Waals surface area contributed by atoms with Gasteiger partial charge < -0.3 is 4.74 Å². The Kier molecular flexibility index (Phi) is 6.70. The summed E-state index contributed by atoms with van der Waals surface area (Å²) in [5, 5.41) is 5.08. The number of hydrogen-bond donors (Lipinski definition) is 0. The van der Waals surface area contributed by atoms with Gasteiger partial charge in [0, 0.05) is 11.8 Å². The molecule has 4 aromatic rings. The number of carbonyl (C=O) groups excluding carboxylic acids is 1. The van der Waals surface area contributed by atoms with Crippen LogP contribution in [0.2, 0.25) is 0 Å².